The molecule has 0 radical (unpaired) electrons. The predicted octanol–water partition coefficient (Wildman–Crippen LogP) is 5.10. The van der Waals surface area contributed by atoms with Gasteiger partial charge in [-0.2, -0.15) is 0 Å². The van der Waals surface area contributed by atoms with Crippen LogP contribution in [0.5, 0.6) is 11.5 Å². The number of piperidine rings is 1. The molecule has 142 valence electrons. The molecule has 1 aliphatic rings. The molecule has 2 aromatic carbocycles. The fourth-order valence-corrected chi connectivity index (χ4v) is 3.81. The van der Waals surface area contributed by atoms with Crippen LogP contribution < -0.4 is 9.47 Å². The van der Waals surface area contributed by atoms with Gasteiger partial charge in [0.1, 0.15) is 11.5 Å². The molecular formula is C23H28N2O2. The number of hydrogen-bond acceptors (Lipinski definition) is 3. The van der Waals surface area contributed by atoms with Gasteiger partial charge in [-0.25, -0.2) is 0 Å². The summed E-state index contributed by atoms with van der Waals surface area (Å²) in [6.07, 6.45) is 5.17. The first-order valence-electron chi connectivity index (χ1n) is 9.94. The van der Waals surface area contributed by atoms with E-state index in [2.05, 4.69) is 40.2 Å². The van der Waals surface area contributed by atoms with E-state index in [1.165, 1.54) is 37.7 Å². The summed E-state index contributed by atoms with van der Waals surface area (Å²) in [7, 11) is 1.69. The molecule has 1 saturated heterocycles. The summed E-state index contributed by atoms with van der Waals surface area (Å²) in [4.78, 5) is 6.04. The van der Waals surface area contributed by atoms with Crippen LogP contribution in [0.15, 0.2) is 48.5 Å². The summed E-state index contributed by atoms with van der Waals surface area (Å²) < 4.78 is 11.3. The Kier molecular flexibility index (Phi) is 5.64. The second-order valence-corrected chi connectivity index (χ2v) is 7.27. The first-order chi connectivity index (χ1) is 13.3. The minimum absolute atomic E-state index is 0.773. The number of methoxy groups -OCH3 is 1. The van der Waals surface area contributed by atoms with Gasteiger partial charge in [0.05, 0.1) is 13.7 Å². The second kappa shape index (κ2) is 8.49. The summed E-state index contributed by atoms with van der Waals surface area (Å²) in [6, 6.07) is 16.5. The van der Waals surface area contributed by atoms with Gasteiger partial charge in [0, 0.05) is 28.7 Å². The van der Waals surface area contributed by atoms with Crippen molar-refractivity contribution in [2.75, 3.05) is 33.4 Å². The van der Waals surface area contributed by atoms with Crippen LogP contribution in [0.25, 0.3) is 22.2 Å². The zero-order chi connectivity index (χ0) is 18.5. The summed E-state index contributed by atoms with van der Waals surface area (Å²) in [5.74, 6) is 1.81. The Morgan fingerprint density at radius 3 is 2.70 bits per heavy atom. The lowest BCUT2D eigenvalue weighted by atomic mass is 10.1. The van der Waals surface area contributed by atoms with E-state index < -0.39 is 0 Å². The summed E-state index contributed by atoms with van der Waals surface area (Å²) in [5.41, 5.74) is 3.33. The topological polar surface area (TPSA) is 37.5 Å². The molecular weight excluding hydrogens is 336 g/mol. The summed E-state index contributed by atoms with van der Waals surface area (Å²) >= 11 is 0. The van der Waals surface area contributed by atoms with E-state index in [1.807, 2.05) is 18.2 Å². The van der Waals surface area contributed by atoms with Gasteiger partial charge in [-0.1, -0.05) is 18.6 Å². The maximum atomic E-state index is 6.00. The molecule has 1 aliphatic heterocycles. The van der Waals surface area contributed by atoms with Crippen LogP contribution in [0.1, 0.15) is 25.7 Å². The molecule has 0 spiro atoms. The predicted molar refractivity (Wildman–Crippen MR) is 111 cm³/mol. The first kappa shape index (κ1) is 17.9. The molecule has 4 rings (SSSR count). The highest BCUT2D eigenvalue weighted by atomic mass is 16.5. The maximum absolute atomic E-state index is 6.00. The van der Waals surface area contributed by atoms with Gasteiger partial charge >= 0.3 is 0 Å². The lowest BCUT2D eigenvalue weighted by Crippen LogP contribution is -2.31. The van der Waals surface area contributed by atoms with E-state index in [0.29, 0.717) is 0 Å². The Labute approximate surface area is 161 Å². The van der Waals surface area contributed by atoms with Crippen LogP contribution in [0, 0.1) is 0 Å². The van der Waals surface area contributed by atoms with Crippen molar-refractivity contribution in [2.24, 2.45) is 0 Å². The van der Waals surface area contributed by atoms with Gasteiger partial charge in [-0.05, 0) is 68.8 Å². The molecule has 1 N–H and O–H groups in total. The van der Waals surface area contributed by atoms with E-state index in [1.54, 1.807) is 7.11 Å². The number of nitrogens with zero attached hydrogens (tertiary/aromatic N) is 1. The zero-order valence-electron chi connectivity index (χ0n) is 16.0. The lowest BCUT2D eigenvalue weighted by Gasteiger charge is -2.26. The van der Waals surface area contributed by atoms with Crippen molar-refractivity contribution in [1.29, 1.82) is 0 Å². The van der Waals surface area contributed by atoms with Gasteiger partial charge in [-0.15, -0.1) is 0 Å². The number of rotatable bonds is 7. The fraction of sp³-hybridized carbons (Fsp3) is 0.391. The van der Waals surface area contributed by atoms with Crippen molar-refractivity contribution in [3.8, 4) is 22.8 Å². The minimum atomic E-state index is 0.773. The van der Waals surface area contributed by atoms with Gasteiger partial charge in [0.2, 0.25) is 0 Å². The average Bonchev–Trinajstić information content (AvgIpc) is 3.15. The molecule has 4 heteroatoms. The molecule has 2 heterocycles. The van der Waals surface area contributed by atoms with E-state index in [-0.39, 0.29) is 0 Å². The van der Waals surface area contributed by atoms with Crippen LogP contribution in [0.4, 0.5) is 0 Å². The Hall–Kier alpha value is -2.46. The summed E-state index contributed by atoms with van der Waals surface area (Å²) in [6.45, 7) is 4.42. The normalized spacial score (nSPS) is 15.1. The highest BCUT2D eigenvalue weighted by Crippen LogP contribution is 2.29. The van der Waals surface area contributed by atoms with Crippen LogP contribution in [-0.2, 0) is 0 Å². The minimum Gasteiger partial charge on any atom is -0.497 e. The summed E-state index contributed by atoms with van der Waals surface area (Å²) in [5, 5.41) is 1.17. The standard InChI is InChI=1S/C23H28N2O2/c1-26-20-8-5-7-18(15-20)23-17-19-16-21(9-10-22(19)24-23)27-14-6-13-25-11-3-2-4-12-25/h5,7-10,15-17,24H,2-4,6,11-14H2,1H3. The lowest BCUT2D eigenvalue weighted by molar-refractivity contribution is 0.205. The molecule has 4 nitrogen and oxygen atoms in total. The van der Waals surface area contributed by atoms with Gasteiger partial charge < -0.3 is 19.4 Å². The molecule has 0 atom stereocenters. The molecule has 0 unspecified atom stereocenters. The highest BCUT2D eigenvalue weighted by molar-refractivity contribution is 5.87. The third-order valence-corrected chi connectivity index (χ3v) is 5.31. The van der Waals surface area contributed by atoms with Crippen molar-refractivity contribution in [3.05, 3.63) is 48.5 Å². The van der Waals surface area contributed by atoms with E-state index in [4.69, 9.17) is 9.47 Å². The van der Waals surface area contributed by atoms with Gasteiger partial charge in [-0.3, -0.25) is 0 Å². The third kappa shape index (κ3) is 4.45. The van der Waals surface area contributed by atoms with Crippen LogP contribution in [-0.4, -0.2) is 43.2 Å². The third-order valence-electron chi connectivity index (χ3n) is 5.31. The van der Waals surface area contributed by atoms with E-state index in [9.17, 15) is 0 Å². The maximum Gasteiger partial charge on any atom is 0.120 e. The smallest absolute Gasteiger partial charge is 0.120 e. The number of aromatic amines is 1. The number of aromatic nitrogens is 1. The van der Waals surface area contributed by atoms with Gasteiger partial charge in [0.25, 0.3) is 0 Å². The second-order valence-electron chi connectivity index (χ2n) is 7.27. The Morgan fingerprint density at radius 2 is 1.85 bits per heavy atom. The quantitative estimate of drug-likeness (QED) is 0.593. The van der Waals surface area contributed by atoms with Crippen molar-refractivity contribution >= 4 is 10.9 Å². The van der Waals surface area contributed by atoms with Crippen molar-refractivity contribution in [2.45, 2.75) is 25.7 Å². The number of H-pyrrole nitrogens is 1. The van der Waals surface area contributed by atoms with Gasteiger partial charge in [0.15, 0.2) is 0 Å². The largest absolute Gasteiger partial charge is 0.497 e. The molecule has 1 aromatic heterocycles. The number of hydrogen-bond donors (Lipinski definition) is 1. The number of likely N-dealkylation sites (tertiary alicyclic amines) is 1. The van der Waals surface area contributed by atoms with Crippen LogP contribution >= 0.6 is 0 Å². The number of ether oxygens (including phenoxy) is 2. The molecule has 1 fully saturated rings. The van der Waals surface area contributed by atoms with E-state index >= 15 is 0 Å². The van der Waals surface area contributed by atoms with Crippen LogP contribution in [0.3, 0.4) is 0 Å². The Morgan fingerprint density at radius 1 is 0.963 bits per heavy atom. The van der Waals surface area contributed by atoms with Crippen molar-refractivity contribution < 1.29 is 9.47 Å². The van der Waals surface area contributed by atoms with Crippen molar-refractivity contribution in [3.63, 3.8) is 0 Å². The van der Waals surface area contributed by atoms with Crippen LogP contribution in [0.2, 0.25) is 0 Å². The Balaban J connectivity index is 1.38. The molecule has 27 heavy (non-hydrogen) atoms. The average molecular weight is 364 g/mol. The highest BCUT2D eigenvalue weighted by Gasteiger charge is 2.09. The molecule has 0 saturated carbocycles. The van der Waals surface area contributed by atoms with Crippen molar-refractivity contribution in [1.82, 2.24) is 9.88 Å². The molecule has 0 amide bonds. The number of benzene rings is 2. The number of nitrogens with one attached hydrogen (secondary N) is 1. The van der Waals surface area contributed by atoms with E-state index in [0.717, 1.165) is 47.8 Å². The molecule has 3 aromatic rings. The SMILES string of the molecule is COc1cccc(-c2cc3cc(OCCCN4CCCCC4)ccc3[nH]2)c1. The monoisotopic (exact) mass is 364 g/mol. The fourth-order valence-electron chi connectivity index (χ4n) is 3.81. The Bertz CT molecular complexity index is 881. The molecule has 0 bridgehead atoms. The zero-order valence-corrected chi connectivity index (χ0v) is 16.0. The number of fused-ring (bicyclic) bond motifs is 1. The molecule has 0 aliphatic carbocycles. The first-order valence-corrected chi connectivity index (χ1v) is 9.94.